The van der Waals surface area contributed by atoms with E-state index in [-0.39, 0.29) is 5.91 Å². The fourth-order valence-corrected chi connectivity index (χ4v) is 1.99. The molecule has 1 aliphatic heterocycles. The molecule has 1 N–H and O–H groups in total. The molecule has 1 aromatic rings. The Morgan fingerprint density at radius 1 is 1.25 bits per heavy atom. The van der Waals surface area contributed by atoms with Crippen molar-refractivity contribution >= 4 is 17.8 Å². The van der Waals surface area contributed by atoms with Crippen LogP contribution >= 0.6 is 0 Å². The molecule has 0 aliphatic carbocycles. The summed E-state index contributed by atoms with van der Waals surface area (Å²) < 4.78 is 10.1. The molecule has 2 rings (SSSR count). The highest BCUT2D eigenvalue weighted by molar-refractivity contribution is 5.90. The molecule has 0 saturated carbocycles. The fraction of sp³-hybridized carbons (Fsp3) is 0.357. The van der Waals surface area contributed by atoms with E-state index < -0.39 is 30.2 Å². The van der Waals surface area contributed by atoms with Gasteiger partial charge in [0.25, 0.3) is 0 Å². The first-order valence-corrected chi connectivity index (χ1v) is 6.22. The van der Waals surface area contributed by atoms with E-state index in [1.165, 1.54) is 6.92 Å². The zero-order valence-electron chi connectivity index (χ0n) is 11.2. The lowest BCUT2D eigenvalue weighted by Crippen LogP contribution is -2.63. The molecular weight excluding hydrogens is 262 g/mol. The zero-order chi connectivity index (χ0) is 14.7. The van der Waals surface area contributed by atoms with Crippen LogP contribution in [-0.4, -0.2) is 30.2 Å². The lowest BCUT2D eigenvalue weighted by molar-refractivity contribution is -0.173. The Balaban J connectivity index is 1.97. The topological polar surface area (TPSA) is 81.7 Å². The monoisotopic (exact) mass is 277 g/mol. The van der Waals surface area contributed by atoms with Crippen molar-refractivity contribution in [2.75, 3.05) is 0 Å². The van der Waals surface area contributed by atoms with E-state index in [4.69, 9.17) is 9.47 Å². The van der Waals surface area contributed by atoms with E-state index in [0.29, 0.717) is 5.56 Å². The van der Waals surface area contributed by atoms with Gasteiger partial charge in [0, 0.05) is 6.92 Å². The average molecular weight is 277 g/mol. The van der Waals surface area contributed by atoms with Crippen LogP contribution in [0.3, 0.4) is 0 Å². The maximum atomic E-state index is 11.9. The fourth-order valence-electron chi connectivity index (χ4n) is 1.99. The van der Waals surface area contributed by atoms with E-state index in [9.17, 15) is 14.4 Å². The molecular formula is C14H15NO5. The number of ether oxygens (including phenoxy) is 2. The highest BCUT2D eigenvalue weighted by Crippen LogP contribution is 2.23. The van der Waals surface area contributed by atoms with Gasteiger partial charge >= 0.3 is 11.9 Å². The number of esters is 2. The highest BCUT2D eigenvalue weighted by Gasteiger charge is 2.47. The molecule has 106 valence electrons. The van der Waals surface area contributed by atoms with Crippen molar-refractivity contribution in [2.24, 2.45) is 5.92 Å². The normalized spacial score (nSPS) is 22.2. The van der Waals surface area contributed by atoms with Crippen molar-refractivity contribution in [3.63, 3.8) is 0 Å². The van der Waals surface area contributed by atoms with Crippen LogP contribution in [0.25, 0.3) is 0 Å². The largest absolute Gasteiger partial charge is 0.458 e. The van der Waals surface area contributed by atoms with Crippen molar-refractivity contribution < 1.29 is 23.9 Å². The van der Waals surface area contributed by atoms with Gasteiger partial charge in [-0.1, -0.05) is 18.2 Å². The summed E-state index contributed by atoms with van der Waals surface area (Å²) in [6.07, 6.45) is -1.42. The highest BCUT2D eigenvalue weighted by atomic mass is 16.6. The molecule has 1 aromatic carbocycles. The van der Waals surface area contributed by atoms with E-state index in [1.54, 1.807) is 37.3 Å². The van der Waals surface area contributed by atoms with Crippen LogP contribution in [0.1, 0.15) is 24.2 Å². The van der Waals surface area contributed by atoms with Crippen molar-refractivity contribution in [3.8, 4) is 0 Å². The van der Waals surface area contributed by atoms with E-state index in [2.05, 4.69) is 5.32 Å². The quantitative estimate of drug-likeness (QED) is 0.652. The molecule has 0 spiro atoms. The standard InChI is InChI=1S/C14H15NO5/c1-8(11-12(17)15-13(11)20-9(2)16)19-14(18)10-6-4-3-5-7-10/h3-8,11,13H,1-2H3,(H,15,17)/t8?,11-,13+/m1/s1. The third-order valence-electron chi connectivity index (χ3n) is 3.01. The van der Waals surface area contributed by atoms with Gasteiger partial charge < -0.3 is 14.8 Å². The summed E-state index contributed by atoms with van der Waals surface area (Å²) in [6, 6.07) is 8.48. The zero-order valence-corrected chi connectivity index (χ0v) is 11.2. The molecule has 0 bridgehead atoms. The Labute approximate surface area is 116 Å². The number of hydrogen-bond acceptors (Lipinski definition) is 5. The minimum atomic E-state index is -0.737. The Morgan fingerprint density at radius 3 is 2.45 bits per heavy atom. The summed E-state index contributed by atoms with van der Waals surface area (Å²) in [5.74, 6) is -1.99. The van der Waals surface area contributed by atoms with Crippen LogP contribution < -0.4 is 5.32 Å². The van der Waals surface area contributed by atoms with Crippen LogP contribution in [0.2, 0.25) is 0 Å². The van der Waals surface area contributed by atoms with Crippen LogP contribution in [0.15, 0.2) is 30.3 Å². The number of carbonyl (C=O) groups excluding carboxylic acids is 3. The number of nitrogens with one attached hydrogen (secondary N) is 1. The summed E-state index contributed by atoms with van der Waals surface area (Å²) in [5.41, 5.74) is 0.406. The molecule has 3 atom stereocenters. The van der Waals surface area contributed by atoms with Crippen LogP contribution in [-0.2, 0) is 19.1 Å². The number of carbonyl (C=O) groups is 3. The average Bonchev–Trinajstić information content (AvgIpc) is 2.38. The second kappa shape index (κ2) is 5.73. The third kappa shape index (κ3) is 2.96. The van der Waals surface area contributed by atoms with Crippen LogP contribution in [0, 0.1) is 5.92 Å². The smallest absolute Gasteiger partial charge is 0.338 e. The molecule has 20 heavy (non-hydrogen) atoms. The number of amides is 1. The van der Waals surface area contributed by atoms with Crippen LogP contribution in [0.4, 0.5) is 0 Å². The first-order valence-electron chi connectivity index (χ1n) is 6.22. The van der Waals surface area contributed by atoms with E-state index >= 15 is 0 Å². The van der Waals surface area contributed by atoms with Crippen molar-refractivity contribution in [1.82, 2.24) is 5.32 Å². The second-order valence-corrected chi connectivity index (χ2v) is 4.54. The number of rotatable bonds is 4. The van der Waals surface area contributed by atoms with Gasteiger partial charge in [0.1, 0.15) is 12.0 Å². The van der Waals surface area contributed by atoms with E-state index in [0.717, 1.165) is 0 Å². The van der Waals surface area contributed by atoms with Crippen molar-refractivity contribution in [3.05, 3.63) is 35.9 Å². The van der Waals surface area contributed by atoms with Gasteiger partial charge in [-0.3, -0.25) is 9.59 Å². The first-order chi connectivity index (χ1) is 9.49. The Morgan fingerprint density at radius 2 is 1.90 bits per heavy atom. The molecule has 1 amide bonds. The molecule has 1 fully saturated rings. The predicted octanol–water partition coefficient (Wildman–Crippen LogP) is 0.867. The van der Waals surface area contributed by atoms with Gasteiger partial charge in [0.05, 0.1) is 5.56 Å². The molecule has 6 heteroatoms. The number of hydrogen-bond donors (Lipinski definition) is 1. The Hall–Kier alpha value is -2.37. The van der Waals surface area contributed by atoms with Crippen LogP contribution in [0.5, 0.6) is 0 Å². The molecule has 1 saturated heterocycles. The minimum Gasteiger partial charge on any atom is -0.458 e. The Kier molecular flexibility index (Phi) is 4.02. The van der Waals surface area contributed by atoms with Gasteiger partial charge in [0.15, 0.2) is 6.23 Å². The molecule has 0 aromatic heterocycles. The summed E-state index contributed by atoms with van der Waals surface area (Å²) >= 11 is 0. The van der Waals surface area contributed by atoms with Gasteiger partial charge in [-0.25, -0.2) is 4.79 Å². The predicted molar refractivity (Wildman–Crippen MR) is 68.5 cm³/mol. The second-order valence-electron chi connectivity index (χ2n) is 4.54. The van der Waals surface area contributed by atoms with Gasteiger partial charge in [-0.15, -0.1) is 0 Å². The molecule has 1 aliphatic rings. The number of β-lactam (4-membered cyclic amide) rings is 1. The van der Waals surface area contributed by atoms with E-state index in [1.807, 2.05) is 0 Å². The van der Waals surface area contributed by atoms with Crippen molar-refractivity contribution in [1.29, 1.82) is 0 Å². The minimum absolute atomic E-state index is 0.301. The summed E-state index contributed by atoms with van der Waals surface area (Å²) in [7, 11) is 0. The van der Waals surface area contributed by atoms with Gasteiger partial charge in [0.2, 0.25) is 5.91 Å². The summed E-state index contributed by atoms with van der Waals surface area (Å²) in [5, 5.41) is 2.44. The van der Waals surface area contributed by atoms with Gasteiger partial charge in [-0.2, -0.15) is 0 Å². The molecule has 1 unspecified atom stereocenters. The first kappa shape index (κ1) is 14.0. The maximum Gasteiger partial charge on any atom is 0.338 e. The maximum absolute atomic E-state index is 11.9. The Bertz CT molecular complexity index is 528. The lowest BCUT2D eigenvalue weighted by atomic mass is 9.93. The SMILES string of the molecule is CC(=O)O[C@@H]1NC(=O)[C@H]1C(C)OC(=O)c1ccccc1. The lowest BCUT2D eigenvalue weighted by Gasteiger charge is -2.38. The third-order valence-corrected chi connectivity index (χ3v) is 3.01. The number of benzene rings is 1. The molecule has 0 radical (unpaired) electrons. The van der Waals surface area contributed by atoms with Crippen molar-refractivity contribution in [2.45, 2.75) is 26.2 Å². The molecule has 6 nitrogen and oxygen atoms in total. The summed E-state index contributed by atoms with van der Waals surface area (Å²) in [6.45, 7) is 2.85. The summed E-state index contributed by atoms with van der Waals surface area (Å²) in [4.78, 5) is 34.2. The molecule has 1 heterocycles. The van der Waals surface area contributed by atoms with Gasteiger partial charge in [-0.05, 0) is 19.1 Å².